The van der Waals surface area contributed by atoms with Crippen LogP contribution in [0.25, 0.3) is 0 Å². The van der Waals surface area contributed by atoms with Crippen molar-refractivity contribution in [3.63, 3.8) is 0 Å². The van der Waals surface area contributed by atoms with Gasteiger partial charge in [0, 0.05) is 24.9 Å². The molecular formula is C26H43N2O6P. The maximum atomic E-state index is 13.3. The second-order valence-electron chi connectivity index (χ2n) is 11.4. The molecule has 8 nitrogen and oxygen atoms in total. The van der Waals surface area contributed by atoms with Crippen LogP contribution in [-0.2, 0) is 30.0 Å². The van der Waals surface area contributed by atoms with Crippen LogP contribution in [0.15, 0.2) is 30.3 Å². The van der Waals surface area contributed by atoms with Crippen LogP contribution in [0.5, 0.6) is 0 Å². The zero-order chi connectivity index (χ0) is 27.0. The van der Waals surface area contributed by atoms with Crippen molar-refractivity contribution in [3.05, 3.63) is 35.9 Å². The number of methoxy groups -OCH3 is 1. The number of hydrogen-bond acceptors (Lipinski definition) is 6. The number of alkyl carbamates (subject to hydrolysis) is 1. The summed E-state index contributed by atoms with van der Waals surface area (Å²) in [4.78, 5) is 38.3. The van der Waals surface area contributed by atoms with Gasteiger partial charge in [0.05, 0.1) is 13.7 Å². The fraction of sp³-hybridized carbons (Fsp3) is 0.654. The second-order valence-corrected chi connectivity index (χ2v) is 14.9. The quantitative estimate of drug-likeness (QED) is 0.366. The van der Waals surface area contributed by atoms with Gasteiger partial charge in [0.2, 0.25) is 5.91 Å². The summed E-state index contributed by atoms with van der Waals surface area (Å²) in [6.07, 6.45) is -0.499. The fourth-order valence-electron chi connectivity index (χ4n) is 3.63. The molecule has 0 saturated heterocycles. The Balaban J connectivity index is 3.08. The van der Waals surface area contributed by atoms with Gasteiger partial charge in [-0.1, -0.05) is 71.9 Å². The van der Waals surface area contributed by atoms with Crippen LogP contribution < -0.4 is 10.6 Å². The molecule has 0 spiro atoms. The minimum atomic E-state index is -1.03. The van der Waals surface area contributed by atoms with Crippen LogP contribution in [0.1, 0.15) is 67.9 Å². The SMILES string of the molecule is COC(=O)[C@H](COP(C(C)(C)C)C(C)(C)C)NC(=O)[C@H](Cc1ccccc1)NC(=O)OC(C)(C)C. The molecule has 2 atom stereocenters. The Hall–Kier alpha value is -2.18. The van der Waals surface area contributed by atoms with Gasteiger partial charge in [-0.3, -0.25) is 4.79 Å². The van der Waals surface area contributed by atoms with Crippen LogP contribution in [0.2, 0.25) is 0 Å². The highest BCUT2D eigenvalue weighted by atomic mass is 31.1. The number of hydrogen-bond donors (Lipinski definition) is 2. The molecule has 198 valence electrons. The Labute approximate surface area is 211 Å². The topological polar surface area (TPSA) is 103 Å². The smallest absolute Gasteiger partial charge is 0.408 e. The Morgan fingerprint density at radius 2 is 1.40 bits per heavy atom. The van der Waals surface area contributed by atoms with E-state index in [9.17, 15) is 14.4 Å². The first kappa shape index (κ1) is 30.9. The van der Waals surface area contributed by atoms with Crippen LogP contribution in [0.4, 0.5) is 4.79 Å². The van der Waals surface area contributed by atoms with E-state index in [1.807, 2.05) is 30.3 Å². The zero-order valence-corrected chi connectivity index (χ0v) is 23.7. The van der Waals surface area contributed by atoms with Crippen molar-refractivity contribution in [2.75, 3.05) is 13.7 Å². The highest BCUT2D eigenvalue weighted by molar-refractivity contribution is 7.55. The Morgan fingerprint density at radius 3 is 1.86 bits per heavy atom. The monoisotopic (exact) mass is 510 g/mol. The third-order valence-corrected chi connectivity index (χ3v) is 7.53. The van der Waals surface area contributed by atoms with Gasteiger partial charge in [-0.25, -0.2) is 9.59 Å². The normalized spacial score (nSPS) is 14.1. The number of esters is 1. The highest BCUT2D eigenvalue weighted by Gasteiger charge is 2.38. The molecule has 0 radical (unpaired) electrons. The van der Waals surface area contributed by atoms with Crippen molar-refractivity contribution in [3.8, 4) is 0 Å². The third kappa shape index (κ3) is 11.4. The lowest BCUT2D eigenvalue weighted by molar-refractivity contribution is -0.146. The van der Waals surface area contributed by atoms with Crippen LogP contribution >= 0.6 is 8.15 Å². The number of rotatable bonds is 9. The summed E-state index contributed by atoms with van der Waals surface area (Å²) in [6.45, 7) is 17.7. The van der Waals surface area contributed by atoms with E-state index in [-0.39, 0.29) is 23.3 Å². The minimum absolute atomic E-state index is 0.0385. The predicted molar refractivity (Wildman–Crippen MR) is 140 cm³/mol. The molecule has 0 fully saturated rings. The van der Waals surface area contributed by atoms with Gasteiger partial charge in [-0.05, 0) is 26.3 Å². The van der Waals surface area contributed by atoms with Gasteiger partial charge in [0.15, 0.2) is 6.04 Å². The number of nitrogens with one attached hydrogen (secondary N) is 2. The molecule has 35 heavy (non-hydrogen) atoms. The predicted octanol–water partition coefficient (Wildman–Crippen LogP) is 4.79. The molecule has 0 bridgehead atoms. The maximum absolute atomic E-state index is 13.3. The Bertz CT molecular complexity index is 826. The van der Waals surface area contributed by atoms with Crippen molar-refractivity contribution in [2.45, 2.75) is 96.7 Å². The molecule has 0 aliphatic carbocycles. The molecule has 1 aromatic carbocycles. The van der Waals surface area contributed by atoms with Gasteiger partial charge < -0.3 is 24.6 Å². The molecule has 2 N–H and O–H groups in total. The van der Waals surface area contributed by atoms with E-state index in [0.29, 0.717) is 0 Å². The Kier molecular flexibility index (Phi) is 11.2. The van der Waals surface area contributed by atoms with Crippen molar-refractivity contribution >= 4 is 26.1 Å². The summed E-state index contributed by atoms with van der Waals surface area (Å²) < 4.78 is 16.5. The molecule has 1 rings (SSSR count). The van der Waals surface area contributed by atoms with Gasteiger partial charge >= 0.3 is 12.1 Å². The lowest BCUT2D eigenvalue weighted by Crippen LogP contribution is -2.54. The minimum Gasteiger partial charge on any atom is -0.467 e. The van der Waals surface area contributed by atoms with Crippen molar-refractivity contribution in [1.82, 2.24) is 10.6 Å². The van der Waals surface area contributed by atoms with E-state index in [0.717, 1.165) is 5.56 Å². The van der Waals surface area contributed by atoms with Crippen molar-refractivity contribution in [1.29, 1.82) is 0 Å². The maximum Gasteiger partial charge on any atom is 0.408 e. The number of benzene rings is 1. The van der Waals surface area contributed by atoms with Crippen LogP contribution in [0, 0.1) is 0 Å². The lowest BCUT2D eigenvalue weighted by Gasteiger charge is -2.40. The third-order valence-electron chi connectivity index (χ3n) is 4.68. The van der Waals surface area contributed by atoms with E-state index < -0.39 is 43.8 Å². The first-order chi connectivity index (χ1) is 15.9. The molecule has 1 aromatic rings. The number of carbonyl (C=O) groups excluding carboxylic acids is 3. The molecule has 0 aliphatic heterocycles. The molecule has 0 unspecified atom stereocenters. The molecule has 0 aromatic heterocycles. The molecule has 0 saturated carbocycles. The summed E-state index contributed by atoms with van der Waals surface area (Å²) in [5, 5.41) is 5.09. The van der Waals surface area contributed by atoms with E-state index in [1.54, 1.807) is 20.8 Å². The first-order valence-corrected chi connectivity index (χ1v) is 13.0. The molecule has 0 aliphatic rings. The molecule has 2 amide bonds. The molecular weight excluding hydrogens is 467 g/mol. The van der Waals surface area contributed by atoms with E-state index >= 15 is 0 Å². The van der Waals surface area contributed by atoms with Crippen molar-refractivity contribution < 1.29 is 28.4 Å². The standard InChI is InChI=1S/C26H43N2O6P/c1-24(2,3)34-23(31)28-19(16-18-14-12-11-13-15-18)21(29)27-20(22(30)32-10)17-33-35(25(4,5)6)26(7,8)9/h11-15,19-20H,16-17H2,1-10H3,(H,27,29)(H,28,31)/t19-,20-/m0/s1. The Morgan fingerprint density at radius 1 is 0.857 bits per heavy atom. The van der Waals surface area contributed by atoms with Gasteiger partial charge in [-0.2, -0.15) is 0 Å². The van der Waals surface area contributed by atoms with E-state index in [2.05, 4.69) is 52.2 Å². The molecule has 9 heteroatoms. The second kappa shape index (κ2) is 12.7. The van der Waals surface area contributed by atoms with Crippen molar-refractivity contribution in [2.24, 2.45) is 0 Å². The van der Waals surface area contributed by atoms with Gasteiger partial charge in [-0.15, -0.1) is 0 Å². The fourth-order valence-corrected chi connectivity index (χ4v) is 6.72. The lowest BCUT2D eigenvalue weighted by atomic mass is 10.0. The van der Waals surface area contributed by atoms with E-state index in [1.165, 1.54) is 7.11 Å². The molecule has 0 heterocycles. The summed E-state index contributed by atoms with van der Waals surface area (Å²) in [7, 11) is 0.299. The summed E-state index contributed by atoms with van der Waals surface area (Å²) in [5.41, 5.74) is 0.121. The highest BCUT2D eigenvalue weighted by Crippen LogP contribution is 2.59. The van der Waals surface area contributed by atoms with Gasteiger partial charge in [0.25, 0.3) is 0 Å². The summed E-state index contributed by atoms with van der Waals surface area (Å²) in [5.74, 6) is -1.15. The average molecular weight is 511 g/mol. The average Bonchev–Trinajstić information content (AvgIpc) is 2.69. The first-order valence-electron chi connectivity index (χ1n) is 11.8. The summed E-state index contributed by atoms with van der Waals surface area (Å²) >= 11 is 0. The van der Waals surface area contributed by atoms with Crippen LogP contribution in [0.3, 0.4) is 0 Å². The largest absolute Gasteiger partial charge is 0.467 e. The number of carbonyl (C=O) groups is 3. The zero-order valence-electron chi connectivity index (χ0n) is 22.9. The van der Waals surface area contributed by atoms with E-state index in [4.69, 9.17) is 14.0 Å². The summed E-state index contributed by atoms with van der Waals surface area (Å²) in [6, 6.07) is 7.30. The number of amides is 2. The van der Waals surface area contributed by atoms with Crippen LogP contribution in [-0.4, -0.2) is 59.7 Å². The number of ether oxygens (including phenoxy) is 2. The van der Waals surface area contributed by atoms with Gasteiger partial charge in [0.1, 0.15) is 11.6 Å².